The third-order valence-corrected chi connectivity index (χ3v) is 10.5. The molecule has 1 heteroatoms. The molecule has 2 atom stereocenters. The first kappa shape index (κ1) is 14.6. The SMILES string of the molecule is CCC[Si](C)(C1=C(C)C=CC1C)C1=C(C)C=CC1C. The molecule has 0 radical (unpaired) electrons. The second-order valence-electron chi connectivity index (χ2n) is 6.57. The van der Waals surface area contributed by atoms with Gasteiger partial charge in [0, 0.05) is 0 Å². The van der Waals surface area contributed by atoms with Gasteiger partial charge in [-0.25, -0.2) is 0 Å². The van der Waals surface area contributed by atoms with E-state index in [4.69, 9.17) is 0 Å². The fraction of sp³-hybridized carbons (Fsp3) is 0.556. The van der Waals surface area contributed by atoms with Gasteiger partial charge in [0.15, 0.2) is 0 Å². The largest absolute Gasteiger partial charge is 0.108 e. The summed E-state index contributed by atoms with van der Waals surface area (Å²) < 4.78 is 0. The second-order valence-corrected chi connectivity index (χ2v) is 10.8. The van der Waals surface area contributed by atoms with Gasteiger partial charge in [-0.15, -0.1) is 0 Å². The predicted octanol–water partition coefficient (Wildman–Crippen LogP) is 5.60. The lowest BCUT2D eigenvalue weighted by Gasteiger charge is -2.37. The maximum atomic E-state index is 2.61. The molecule has 0 N–H and O–H groups in total. The molecule has 104 valence electrons. The quantitative estimate of drug-likeness (QED) is 0.584. The van der Waals surface area contributed by atoms with Crippen molar-refractivity contribution >= 4 is 8.07 Å². The molecule has 0 aromatic carbocycles. The average molecular weight is 273 g/mol. The molecule has 0 heterocycles. The first-order valence-electron chi connectivity index (χ1n) is 7.70. The van der Waals surface area contributed by atoms with E-state index >= 15 is 0 Å². The Bertz CT molecular complexity index is 448. The summed E-state index contributed by atoms with van der Waals surface area (Å²) in [5.41, 5.74) is 3.10. The Hall–Kier alpha value is -0.823. The summed E-state index contributed by atoms with van der Waals surface area (Å²) in [5, 5.41) is 3.58. The zero-order chi connectivity index (χ0) is 14.2. The van der Waals surface area contributed by atoms with Gasteiger partial charge in [-0.1, -0.05) is 85.6 Å². The summed E-state index contributed by atoms with van der Waals surface area (Å²) in [6.45, 7) is 14.4. The Morgan fingerprint density at radius 3 is 1.63 bits per heavy atom. The van der Waals surface area contributed by atoms with Crippen LogP contribution in [0.2, 0.25) is 12.6 Å². The summed E-state index contributed by atoms with van der Waals surface area (Å²) >= 11 is 0. The van der Waals surface area contributed by atoms with Crippen LogP contribution in [0.15, 0.2) is 45.8 Å². The first-order chi connectivity index (χ1) is 8.91. The van der Waals surface area contributed by atoms with Gasteiger partial charge < -0.3 is 0 Å². The predicted molar refractivity (Wildman–Crippen MR) is 88.7 cm³/mol. The zero-order valence-electron chi connectivity index (χ0n) is 13.4. The molecule has 0 nitrogen and oxygen atoms in total. The minimum absolute atomic E-state index is 0.649. The molecule has 0 amide bonds. The Balaban J connectivity index is 2.52. The van der Waals surface area contributed by atoms with E-state index in [9.17, 15) is 0 Å². The molecule has 2 unspecified atom stereocenters. The Kier molecular flexibility index (Phi) is 4.05. The van der Waals surface area contributed by atoms with Crippen molar-refractivity contribution in [1.29, 1.82) is 0 Å². The summed E-state index contributed by atoms with van der Waals surface area (Å²) in [6.07, 6.45) is 10.8. The van der Waals surface area contributed by atoms with Crippen molar-refractivity contribution in [1.82, 2.24) is 0 Å². The number of allylic oxidation sites excluding steroid dienone is 8. The molecule has 19 heavy (non-hydrogen) atoms. The fourth-order valence-electron chi connectivity index (χ4n) is 4.46. The van der Waals surface area contributed by atoms with Crippen LogP contribution in [0, 0.1) is 11.8 Å². The van der Waals surface area contributed by atoms with E-state index < -0.39 is 8.07 Å². The molecule has 0 fully saturated rings. The normalized spacial score (nSPS) is 29.6. The van der Waals surface area contributed by atoms with Crippen LogP contribution in [-0.4, -0.2) is 8.07 Å². The Morgan fingerprint density at radius 2 is 1.37 bits per heavy atom. The van der Waals surface area contributed by atoms with Crippen molar-refractivity contribution in [2.75, 3.05) is 0 Å². The van der Waals surface area contributed by atoms with Gasteiger partial charge in [0.2, 0.25) is 0 Å². The molecule has 2 aliphatic rings. The molecule has 0 saturated carbocycles. The highest BCUT2D eigenvalue weighted by molar-refractivity contribution is 6.92. The van der Waals surface area contributed by atoms with Gasteiger partial charge in [-0.05, 0) is 25.7 Å². The van der Waals surface area contributed by atoms with Crippen molar-refractivity contribution < 1.29 is 0 Å². The highest BCUT2D eigenvalue weighted by Gasteiger charge is 2.41. The lowest BCUT2D eigenvalue weighted by Crippen LogP contribution is -2.40. The molecule has 0 spiro atoms. The van der Waals surface area contributed by atoms with E-state index in [1.165, 1.54) is 12.5 Å². The maximum absolute atomic E-state index is 2.61. The highest BCUT2D eigenvalue weighted by Crippen LogP contribution is 2.45. The second kappa shape index (κ2) is 5.28. The van der Waals surface area contributed by atoms with Crippen LogP contribution in [-0.2, 0) is 0 Å². The van der Waals surface area contributed by atoms with Crippen LogP contribution < -0.4 is 0 Å². The van der Waals surface area contributed by atoms with Crippen molar-refractivity contribution in [3.05, 3.63) is 45.8 Å². The van der Waals surface area contributed by atoms with Gasteiger partial charge in [0.25, 0.3) is 0 Å². The standard InChI is InChI=1S/C18H28Si/c1-7-12-19(6,17-13(2)8-9-14(17)3)18-15(4)10-11-16(18)5/h8-11,13,15H,7,12H2,1-6H3. The smallest absolute Gasteiger partial charge is 0.0777 e. The topological polar surface area (TPSA) is 0 Å². The van der Waals surface area contributed by atoms with Crippen LogP contribution in [0.4, 0.5) is 0 Å². The van der Waals surface area contributed by atoms with Crippen LogP contribution in [0.25, 0.3) is 0 Å². The first-order valence-corrected chi connectivity index (χ1v) is 10.4. The molecular weight excluding hydrogens is 244 g/mol. The van der Waals surface area contributed by atoms with Gasteiger partial charge >= 0.3 is 0 Å². The van der Waals surface area contributed by atoms with E-state index in [1.807, 2.05) is 0 Å². The van der Waals surface area contributed by atoms with Crippen LogP contribution in [0.3, 0.4) is 0 Å². The van der Waals surface area contributed by atoms with Crippen molar-refractivity contribution in [3.8, 4) is 0 Å². The monoisotopic (exact) mass is 272 g/mol. The van der Waals surface area contributed by atoms with Gasteiger partial charge in [-0.2, -0.15) is 0 Å². The van der Waals surface area contributed by atoms with E-state index in [2.05, 4.69) is 65.5 Å². The number of hydrogen-bond donors (Lipinski definition) is 0. The van der Waals surface area contributed by atoms with Crippen molar-refractivity contribution in [2.45, 2.75) is 53.6 Å². The molecular formula is C18H28Si. The Labute approximate surface area is 120 Å². The van der Waals surface area contributed by atoms with Crippen molar-refractivity contribution in [2.24, 2.45) is 11.8 Å². The van der Waals surface area contributed by atoms with Crippen LogP contribution >= 0.6 is 0 Å². The molecule has 2 aliphatic carbocycles. The summed E-state index contributed by atoms with van der Waals surface area (Å²) in [4.78, 5) is 0. The van der Waals surface area contributed by atoms with Crippen LogP contribution in [0.5, 0.6) is 0 Å². The van der Waals surface area contributed by atoms with Crippen molar-refractivity contribution in [3.63, 3.8) is 0 Å². The van der Waals surface area contributed by atoms with E-state index in [0.29, 0.717) is 11.8 Å². The van der Waals surface area contributed by atoms with Crippen LogP contribution in [0.1, 0.15) is 41.0 Å². The molecule has 0 aromatic heterocycles. The fourth-order valence-corrected chi connectivity index (χ4v) is 10.4. The maximum Gasteiger partial charge on any atom is 0.108 e. The molecule has 0 aliphatic heterocycles. The molecule has 2 rings (SSSR count). The van der Waals surface area contributed by atoms with E-state index in [-0.39, 0.29) is 0 Å². The van der Waals surface area contributed by atoms with Gasteiger partial charge in [0.1, 0.15) is 8.07 Å². The van der Waals surface area contributed by atoms with E-state index in [1.54, 1.807) is 21.5 Å². The average Bonchev–Trinajstić information content (AvgIpc) is 2.83. The summed E-state index contributed by atoms with van der Waals surface area (Å²) in [5.74, 6) is 1.30. The minimum atomic E-state index is -1.50. The minimum Gasteiger partial charge on any atom is -0.0777 e. The zero-order valence-corrected chi connectivity index (χ0v) is 14.4. The third kappa shape index (κ3) is 2.33. The molecule has 0 bridgehead atoms. The lowest BCUT2D eigenvalue weighted by atomic mass is 10.2. The lowest BCUT2D eigenvalue weighted by molar-refractivity contribution is 0.872. The van der Waals surface area contributed by atoms with Gasteiger partial charge in [-0.3, -0.25) is 0 Å². The summed E-state index contributed by atoms with van der Waals surface area (Å²) in [7, 11) is -1.50. The highest BCUT2D eigenvalue weighted by atomic mass is 28.3. The van der Waals surface area contributed by atoms with E-state index in [0.717, 1.165) is 0 Å². The summed E-state index contributed by atoms with van der Waals surface area (Å²) in [6, 6.07) is 1.39. The third-order valence-electron chi connectivity index (χ3n) is 4.97. The molecule has 0 aromatic rings. The molecule has 0 saturated heterocycles. The Morgan fingerprint density at radius 1 is 0.947 bits per heavy atom. The van der Waals surface area contributed by atoms with Gasteiger partial charge in [0.05, 0.1) is 0 Å². The number of hydrogen-bond acceptors (Lipinski definition) is 0. The number of rotatable bonds is 4.